The first kappa shape index (κ1) is 12.3. The average molecular weight is 244 g/mol. The van der Waals surface area contributed by atoms with Gasteiger partial charge in [-0.25, -0.2) is 0 Å². The Morgan fingerprint density at radius 3 is 2.67 bits per heavy atom. The summed E-state index contributed by atoms with van der Waals surface area (Å²) in [6.07, 6.45) is -2.12. The van der Waals surface area contributed by atoms with E-state index in [0.717, 1.165) is 0 Å². The molecule has 0 amide bonds. The molecular formula is C10H10ClNO2S. The van der Waals surface area contributed by atoms with E-state index in [9.17, 15) is 10.2 Å². The van der Waals surface area contributed by atoms with E-state index >= 15 is 0 Å². The third-order valence-corrected chi connectivity index (χ3v) is 2.71. The molecule has 5 heteroatoms. The Bertz CT molecular complexity index is 391. The lowest BCUT2D eigenvalue weighted by Crippen LogP contribution is -2.20. The summed E-state index contributed by atoms with van der Waals surface area (Å²) in [6.45, 7) is 0. The zero-order valence-corrected chi connectivity index (χ0v) is 9.41. The first-order chi connectivity index (χ1) is 7.10. The second kappa shape index (κ2) is 5.38. The maximum absolute atomic E-state index is 9.70. The minimum Gasteiger partial charge on any atom is -0.389 e. The van der Waals surface area contributed by atoms with Gasteiger partial charge in [0.2, 0.25) is 0 Å². The molecule has 2 N–H and O–H groups in total. The maximum Gasteiger partial charge on any atom is 0.107 e. The van der Waals surface area contributed by atoms with Crippen LogP contribution in [0.5, 0.6) is 0 Å². The van der Waals surface area contributed by atoms with Crippen molar-refractivity contribution in [2.45, 2.75) is 12.2 Å². The molecular weight excluding hydrogens is 234 g/mol. The number of benzene rings is 1. The zero-order valence-electron chi connectivity index (χ0n) is 7.76. The largest absolute Gasteiger partial charge is 0.389 e. The Labute approximate surface area is 98.3 Å². The molecule has 2 atom stereocenters. The number of aliphatic hydroxyl groups is 2. The van der Waals surface area contributed by atoms with Crippen molar-refractivity contribution in [2.75, 3.05) is 5.75 Å². The first-order valence-corrected chi connectivity index (χ1v) is 5.27. The second-order valence-electron chi connectivity index (χ2n) is 3.04. The fraction of sp³-hybridized carbons (Fsp3) is 0.300. The monoisotopic (exact) mass is 243 g/mol. The highest BCUT2D eigenvalue weighted by Gasteiger charge is 2.19. The number of hydrogen-bond acceptors (Lipinski definition) is 4. The number of rotatable bonds is 3. The van der Waals surface area contributed by atoms with E-state index in [1.165, 1.54) is 12.1 Å². The SMILES string of the molecule is N#Cc1ccc(Cl)c(C(O)C(O)CS)c1. The molecule has 0 saturated carbocycles. The summed E-state index contributed by atoms with van der Waals surface area (Å²) < 4.78 is 0. The van der Waals surface area contributed by atoms with E-state index < -0.39 is 12.2 Å². The van der Waals surface area contributed by atoms with Crippen LogP contribution in [-0.2, 0) is 0 Å². The molecule has 80 valence electrons. The standard InChI is InChI=1S/C10H10ClNO2S/c11-8-2-1-6(4-12)3-7(8)10(14)9(13)5-15/h1-3,9-10,13-15H,5H2. The molecule has 1 rings (SSSR count). The summed E-state index contributed by atoms with van der Waals surface area (Å²) in [6, 6.07) is 6.46. The van der Waals surface area contributed by atoms with Gasteiger partial charge in [0.25, 0.3) is 0 Å². The molecule has 0 fully saturated rings. The van der Waals surface area contributed by atoms with Gasteiger partial charge in [0.15, 0.2) is 0 Å². The third kappa shape index (κ3) is 2.86. The van der Waals surface area contributed by atoms with Crippen molar-refractivity contribution in [3.8, 4) is 6.07 Å². The van der Waals surface area contributed by atoms with Gasteiger partial charge in [0.1, 0.15) is 6.10 Å². The molecule has 0 aliphatic rings. The maximum atomic E-state index is 9.70. The minimum atomic E-state index is -1.12. The summed E-state index contributed by atoms with van der Waals surface area (Å²) in [5.74, 6) is 0.119. The van der Waals surface area contributed by atoms with Gasteiger partial charge in [-0.15, -0.1) is 0 Å². The van der Waals surface area contributed by atoms with Crippen molar-refractivity contribution in [1.29, 1.82) is 5.26 Å². The predicted octanol–water partition coefficient (Wildman–Crippen LogP) is 1.54. The minimum absolute atomic E-state index is 0.119. The molecule has 2 unspecified atom stereocenters. The lowest BCUT2D eigenvalue weighted by Gasteiger charge is -2.17. The van der Waals surface area contributed by atoms with Crippen LogP contribution in [0.15, 0.2) is 18.2 Å². The number of hydrogen-bond donors (Lipinski definition) is 3. The molecule has 0 aliphatic heterocycles. The number of nitriles is 1. The van der Waals surface area contributed by atoms with Gasteiger partial charge in [-0.1, -0.05) is 11.6 Å². The van der Waals surface area contributed by atoms with Crippen LogP contribution in [0.4, 0.5) is 0 Å². The average Bonchev–Trinajstić information content (AvgIpc) is 2.27. The van der Waals surface area contributed by atoms with Gasteiger partial charge in [-0.2, -0.15) is 17.9 Å². The highest BCUT2D eigenvalue weighted by molar-refractivity contribution is 7.80. The fourth-order valence-electron chi connectivity index (χ4n) is 1.15. The van der Waals surface area contributed by atoms with Crippen LogP contribution in [0.1, 0.15) is 17.2 Å². The molecule has 0 radical (unpaired) electrons. The summed E-state index contributed by atoms with van der Waals surface area (Å²) >= 11 is 9.71. The molecule has 1 aromatic carbocycles. The van der Waals surface area contributed by atoms with Crippen molar-refractivity contribution in [3.05, 3.63) is 34.3 Å². The van der Waals surface area contributed by atoms with Crippen molar-refractivity contribution < 1.29 is 10.2 Å². The van der Waals surface area contributed by atoms with Crippen LogP contribution in [0.25, 0.3) is 0 Å². The summed E-state index contributed by atoms with van der Waals surface area (Å²) in [5, 5.41) is 28.1. The number of nitrogens with zero attached hydrogens (tertiary/aromatic N) is 1. The van der Waals surface area contributed by atoms with Gasteiger partial charge in [-0.05, 0) is 18.2 Å². The lowest BCUT2D eigenvalue weighted by molar-refractivity contribution is 0.0338. The molecule has 0 saturated heterocycles. The third-order valence-electron chi connectivity index (χ3n) is 2.00. The van der Waals surface area contributed by atoms with Crippen molar-refractivity contribution in [3.63, 3.8) is 0 Å². The van der Waals surface area contributed by atoms with Gasteiger partial charge in [0.05, 0.1) is 17.7 Å². The van der Waals surface area contributed by atoms with E-state index in [1.807, 2.05) is 6.07 Å². The molecule has 15 heavy (non-hydrogen) atoms. The van der Waals surface area contributed by atoms with Crippen LogP contribution in [0.3, 0.4) is 0 Å². The van der Waals surface area contributed by atoms with E-state index in [0.29, 0.717) is 16.1 Å². The van der Waals surface area contributed by atoms with E-state index in [-0.39, 0.29) is 5.75 Å². The molecule has 0 heterocycles. The zero-order chi connectivity index (χ0) is 11.4. The van der Waals surface area contributed by atoms with E-state index in [4.69, 9.17) is 16.9 Å². The molecule has 0 bridgehead atoms. The van der Waals surface area contributed by atoms with Gasteiger partial charge in [-0.3, -0.25) is 0 Å². The number of thiol groups is 1. The Balaban J connectivity index is 3.07. The van der Waals surface area contributed by atoms with Gasteiger partial charge >= 0.3 is 0 Å². The Hall–Kier alpha value is -0.730. The summed E-state index contributed by atoms with van der Waals surface area (Å²) in [7, 11) is 0. The molecule has 3 nitrogen and oxygen atoms in total. The number of halogens is 1. The fourth-order valence-corrected chi connectivity index (χ4v) is 1.58. The Morgan fingerprint density at radius 1 is 1.47 bits per heavy atom. The van der Waals surface area contributed by atoms with Crippen molar-refractivity contribution >= 4 is 24.2 Å². The normalized spacial score (nSPS) is 14.3. The summed E-state index contributed by atoms with van der Waals surface area (Å²) in [5.41, 5.74) is 0.733. The predicted molar refractivity (Wildman–Crippen MR) is 61.0 cm³/mol. The van der Waals surface area contributed by atoms with Gasteiger partial charge < -0.3 is 10.2 Å². The van der Waals surface area contributed by atoms with Gasteiger partial charge in [0, 0.05) is 16.3 Å². The quantitative estimate of drug-likeness (QED) is 0.706. The Morgan fingerprint density at radius 2 is 2.13 bits per heavy atom. The molecule has 0 aromatic heterocycles. The first-order valence-electron chi connectivity index (χ1n) is 4.26. The van der Waals surface area contributed by atoms with E-state index in [1.54, 1.807) is 6.07 Å². The van der Waals surface area contributed by atoms with Crippen LogP contribution < -0.4 is 0 Å². The lowest BCUT2D eigenvalue weighted by atomic mass is 10.0. The van der Waals surface area contributed by atoms with Crippen molar-refractivity contribution in [1.82, 2.24) is 0 Å². The van der Waals surface area contributed by atoms with Crippen LogP contribution in [-0.4, -0.2) is 22.1 Å². The molecule has 0 aliphatic carbocycles. The summed E-state index contributed by atoms with van der Waals surface area (Å²) in [4.78, 5) is 0. The molecule has 0 spiro atoms. The van der Waals surface area contributed by atoms with E-state index in [2.05, 4.69) is 12.6 Å². The highest BCUT2D eigenvalue weighted by Crippen LogP contribution is 2.26. The van der Waals surface area contributed by atoms with Crippen molar-refractivity contribution in [2.24, 2.45) is 0 Å². The Kier molecular flexibility index (Phi) is 4.43. The number of aliphatic hydroxyl groups excluding tert-OH is 2. The smallest absolute Gasteiger partial charge is 0.107 e. The van der Waals surface area contributed by atoms with Crippen LogP contribution in [0, 0.1) is 11.3 Å². The van der Waals surface area contributed by atoms with Crippen LogP contribution in [0.2, 0.25) is 5.02 Å². The topological polar surface area (TPSA) is 64.2 Å². The van der Waals surface area contributed by atoms with Crippen LogP contribution >= 0.6 is 24.2 Å². The second-order valence-corrected chi connectivity index (χ2v) is 3.82. The molecule has 1 aromatic rings. The highest BCUT2D eigenvalue weighted by atomic mass is 35.5.